The molecule has 0 aromatic heterocycles. The lowest BCUT2D eigenvalue weighted by atomic mass is 9.77. The number of hydrogen-bond acceptors (Lipinski definition) is 4. The highest BCUT2D eigenvalue weighted by molar-refractivity contribution is 5.83. The molecule has 2 aromatic carbocycles. The van der Waals surface area contributed by atoms with Crippen LogP contribution in [0.4, 0.5) is 0 Å². The zero-order valence-corrected chi connectivity index (χ0v) is 18.0. The van der Waals surface area contributed by atoms with E-state index in [1.54, 1.807) is 12.2 Å². The summed E-state index contributed by atoms with van der Waals surface area (Å²) in [6.45, 7) is 1.99. The van der Waals surface area contributed by atoms with Gasteiger partial charge in [0.25, 0.3) is 0 Å². The number of likely N-dealkylation sites (N-methyl/N-ethyl adjacent to an activating group) is 1. The fourth-order valence-electron chi connectivity index (χ4n) is 3.74. The molecule has 2 aromatic rings. The molecule has 0 saturated carbocycles. The van der Waals surface area contributed by atoms with Crippen molar-refractivity contribution in [1.82, 2.24) is 4.90 Å². The van der Waals surface area contributed by atoms with Crippen LogP contribution in [0.3, 0.4) is 0 Å². The SMILES string of the molecule is CCC1(N(C)C)C=CC=CC1C(=O)[O-].O=C(Cc1ccccc1)Cc1ccccc1. The molecule has 0 spiro atoms. The van der Waals surface area contributed by atoms with Crippen LogP contribution in [0.25, 0.3) is 0 Å². The molecule has 0 bridgehead atoms. The van der Waals surface area contributed by atoms with E-state index in [1.165, 1.54) is 0 Å². The van der Waals surface area contributed by atoms with Crippen LogP contribution < -0.4 is 5.11 Å². The topological polar surface area (TPSA) is 60.4 Å². The largest absolute Gasteiger partial charge is 0.549 e. The number of carboxylic acids is 1. The Hall–Kier alpha value is -2.98. The molecule has 2 atom stereocenters. The van der Waals surface area contributed by atoms with Crippen LogP contribution in [-0.2, 0) is 22.4 Å². The number of nitrogens with zero attached hydrogens (tertiary/aromatic N) is 1. The van der Waals surface area contributed by atoms with E-state index in [-0.39, 0.29) is 5.78 Å². The van der Waals surface area contributed by atoms with Crippen LogP contribution in [0.15, 0.2) is 85.0 Å². The molecule has 0 saturated heterocycles. The summed E-state index contributed by atoms with van der Waals surface area (Å²) in [4.78, 5) is 24.7. The fourth-order valence-corrected chi connectivity index (χ4v) is 3.74. The monoisotopic (exact) mass is 404 g/mol. The number of benzene rings is 2. The zero-order chi connectivity index (χ0) is 22.0. The van der Waals surface area contributed by atoms with Crippen molar-refractivity contribution in [3.63, 3.8) is 0 Å². The molecule has 0 aliphatic heterocycles. The molecule has 30 heavy (non-hydrogen) atoms. The van der Waals surface area contributed by atoms with Crippen LogP contribution in [0.1, 0.15) is 24.5 Å². The normalized spacial score (nSPS) is 19.8. The van der Waals surface area contributed by atoms with E-state index >= 15 is 0 Å². The molecule has 3 rings (SSSR count). The molecule has 4 heteroatoms. The van der Waals surface area contributed by atoms with E-state index in [0.717, 1.165) is 17.5 Å². The van der Waals surface area contributed by atoms with Gasteiger partial charge < -0.3 is 9.90 Å². The zero-order valence-electron chi connectivity index (χ0n) is 18.0. The fraction of sp³-hybridized carbons (Fsp3) is 0.308. The van der Waals surface area contributed by atoms with Gasteiger partial charge in [0, 0.05) is 18.8 Å². The van der Waals surface area contributed by atoms with Gasteiger partial charge >= 0.3 is 0 Å². The lowest BCUT2D eigenvalue weighted by Gasteiger charge is -2.43. The highest BCUT2D eigenvalue weighted by atomic mass is 16.4. The molecule has 0 radical (unpaired) electrons. The summed E-state index contributed by atoms with van der Waals surface area (Å²) in [5.41, 5.74) is 1.74. The first-order chi connectivity index (χ1) is 14.4. The molecule has 0 fully saturated rings. The molecule has 0 N–H and O–H groups in total. The average Bonchev–Trinajstić information content (AvgIpc) is 2.75. The lowest BCUT2D eigenvalue weighted by molar-refractivity contribution is -0.312. The summed E-state index contributed by atoms with van der Waals surface area (Å²) in [6, 6.07) is 19.7. The molecule has 0 heterocycles. The van der Waals surface area contributed by atoms with Crippen LogP contribution >= 0.6 is 0 Å². The summed E-state index contributed by atoms with van der Waals surface area (Å²) in [6.07, 6.45) is 9.08. The molecular weight excluding hydrogens is 374 g/mol. The Bertz CT molecular complexity index is 828. The summed E-state index contributed by atoms with van der Waals surface area (Å²) in [5.74, 6) is -1.31. The van der Waals surface area contributed by atoms with Crippen molar-refractivity contribution in [2.24, 2.45) is 5.92 Å². The van der Waals surface area contributed by atoms with Gasteiger partial charge in [-0.3, -0.25) is 9.69 Å². The Balaban J connectivity index is 0.000000216. The average molecular weight is 405 g/mol. The number of hydrogen-bond donors (Lipinski definition) is 0. The lowest BCUT2D eigenvalue weighted by Crippen LogP contribution is -2.54. The molecule has 158 valence electrons. The minimum atomic E-state index is -1.01. The predicted octanol–water partition coefficient (Wildman–Crippen LogP) is 3.23. The third-order valence-electron chi connectivity index (χ3n) is 5.48. The minimum absolute atomic E-state index is 0.261. The number of allylic oxidation sites excluding steroid dienone is 2. The Kier molecular flexibility index (Phi) is 8.75. The maximum absolute atomic E-state index is 11.8. The van der Waals surface area contributed by atoms with E-state index in [2.05, 4.69) is 0 Å². The first-order valence-electron chi connectivity index (χ1n) is 10.2. The van der Waals surface area contributed by atoms with Gasteiger partial charge in [-0.15, -0.1) is 0 Å². The predicted molar refractivity (Wildman–Crippen MR) is 119 cm³/mol. The summed E-state index contributed by atoms with van der Waals surface area (Å²) in [5, 5.41) is 11.0. The number of Topliss-reactive ketones (excluding diaryl/α,β-unsaturated/α-hetero) is 1. The quantitative estimate of drug-likeness (QED) is 0.711. The van der Waals surface area contributed by atoms with Crippen molar-refractivity contribution in [3.8, 4) is 0 Å². The molecule has 2 unspecified atom stereocenters. The molecule has 4 nitrogen and oxygen atoms in total. The Labute approximate surface area is 179 Å². The smallest absolute Gasteiger partial charge is 0.141 e. The number of carboxylic acid groups (broad SMARTS) is 1. The number of rotatable bonds is 7. The summed E-state index contributed by atoms with van der Waals surface area (Å²) < 4.78 is 0. The van der Waals surface area contributed by atoms with Gasteiger partial charge in [0.1, 0.15) is 5.78 Å². The highest BCUT2D eigenvalue weighted by Gasteiger charge is 2.37. The summed E-state index contributed by atoms with van der Waals surface area (Å²) in [7, 11) is 3.78. The van der Waals surface area contributed by atoms with Crippen LogP contribution in [0.5, 0.6) is 0 Å². The minimum Gasteiger partial charge on any atom is -0.549 e. The standard InChI is InChI=1S/C15H14O.C11H17NO2/c16-15(11-13-7-3-1-4-8-13)12-14-9-5-2-6-10-14;1-4-11(12(2)3)8-6-5-7-9(11)10(13)14/h1-10H,11-12H2;5-9H,4H2,1-3H3,(H,13,14)/p-1. The molecule has 1 aliphatic rings. The van der Waals surface area contributed by atoms with Gasteiger partial charge in [-0.1, -0.05) is 91.9 Å². The summed E-state index contributed by atoms with van der Waals surface area (Å²) >= 11 is 0. The van der Waals surface area contributed by atoms with Gasteiger partial charge in [0.2, 0.25) is 0 Å². The van der Waals surface area contributed by atoms with Crippen molar-refractivity contribution in [2.45, 2.75) is 31.7 Å². The second-order valence-electron chi connectivity index (χ2n) is 7.64. The van der Waals surface area contributed by atoms with E-state index < -0.39 is 17.4 Å². The maximum Gasteiger partial charge on any atom is 0.141 e. The van der Waals surface area contributed by atoms with Gasteiger partial charge in [0.05, 0.1) is 11.5 Å². The maximum atomic E-state index is 11.8. The van der Waals surface area contributed by atoms with Crippen LogP contribution in [0.2, 0.25) is 0 Å². The van der Waals surface area contributed by atoms with Crippen molar-refractivity contribution >= 4 is 11.8 Å². The molecular formula is C26H30NO3-. The van der Waals surface area contributed by atoms with E-state index in [9.17, 15) is 14.7 Å². The number of ketones is 1. The third kappa shape index (κ3) is 6.26. The van der Waals surface area contributed by atoms with Gasteiger partial charge in [0.15, 0.2) is 0 Å². The Morgan fingerprint density at radius 2 is 1.40 bits per heavy atom. The molecule has 0 amide bonds. The Morgan fingerprint density at radius 1 is 0.900 bits per heavy atom. The van der Waals surface area contributed by atoms with Crippen molar-refractivity contribution in [3.05, 3.63) is 96.1 Å². The van der Waals surface area contributed by atoms with Gasteiger partial charge in [-0.25, -0.2) is 0 Å². The van der Waals surface area contributed by atoms with E-state index in [1.807, 2.05) is 98.7 Å². The number of aliphatic carboxylic acids is 1. The van der Waals surface area contributed by atoms with Crippen molar-refractivity contribution in [2.75, 3.05) is 14.1 Å². The van der Waals surface area contributed by atoms with Crippen molar-refractivity contribution in [1.29, 1.82) is 0 Å². The number of carbonyl (C=O) groups excluding carboxylic acids is 2. The van der Waals surface area contributed by atoms with Crippen LogP contribution in [0, 0.1) is 5.92 Å². The highest BCUT2D eigenvalue weighted by Crippen LogP contribution is 2.32. The van der Waals surface area contributed by atoms with E-state index in [4.69, 9.17) is 0 Å². The first-order valence-corrected chi connectivity index (χ1v) is 10.2. The number of carbonyl (C=O) groups is 2. The van der Waals surface area contributed by atoms with E-state index in [0.29, 0.717) is 12.8 Å². The van der Waals surface area contributed by atoms with Crippen molar-refractivity contribution < 1.29 is 14.7 Å². The first kappa shape index (κ1) is 23.3. The second-order valence-corrected chi connectivity index (χ2v) is 7.64. The third-order valence-corrected chi connectivity index (χ3v) is 5.48. The van der Waals surface area contributed by atoms with Gasteiger partial charge in [-0.05, 0) is 31.6 Å². The second kappa shape index (κ2) is 11.3. The molecule has 1 aliphatic carbocycles. The Morgan fingerprint density at radius 3 is 1.77 bits per heavy atom. The van der Waals surface area contributed by atoms with Gasteiger partial charge in [-0.2, -0.15) is 0 Å². The van der Waals surface area contributed by atoms with Crippen LogP contribution in [-0.4, -0.2) is 36.3 Å².